The number of aromatic nitrogens is 2. The van der Waals surface area contributed by atoms with Gasteiger partial charge in [0.15, 0.2) is 0 Å². The number of benzene rings is 2. The van der Waals surface area contributed by atoms with E-state index in [2.05, 4.69) is 39.2 Å². The molecule has 0 N–H and O–H groups in total. The minimum Gasteiger partial charge on any atom is -0.307 e. The Morgan fingerprint density at radius 3 is 2.39 bits per heavy atom. The van der Waals surface area contributed by atoms with Gasteiger partial charge in [-0.2, -0.15) is 5.10 Å². The summed E-state index contributed by atoms with van der Waals surface area (Å²) in [6.07, 6.45) is 5.20. The van der Waals surface area contributed by atoms with E-state index in [1.54, 1.807) is 23.0 Å². The van der Waals surface area contributed by atoms with Crippen LogP contribution >= 0.6 is 0 Å². The number of hydrogen-bond acceptors (Lipinski definition) is 4. The minimum atomic E-state index is -0.539. The van der Waals surface area contributed by atoms with Crippen LogP contribution in [0, 0.1) is 5.82 Å². The summed E-state index contributed by atoms with van der Waals surface area (Å²) in [6, 6.07) is 17.2. The largest absolute Gasteiger partial charge is 0.307 e. The van der Waals surface area contributed by atoms with E-state index < -0.39 is 5.54 Å². The van der Waals surface area contributed by atoms with Crippen LogP contribution in [0.2, 0.25) is 0 Å². The van der Waals surface area contributed by atoms with Gasteiger partial charge in [-0.15, -0.1) is 0 Å². The average Bonchev–Trinajstić information content (AvgIpc) is 3.25. The van der Waals surface area contributed by atoms with Gasteiger partial charge in [-0.05, 0) is 36.1 Å². The van der Waals surface area contributed by atoms with Crippen LogP contribution in [-0.4, -0.2) is 57.2 Å². The third kappa shape index (κ3) is 4.43. The first kappa shape index (κ1) is 21.8. The van der Waals surface area contributed by atoms with E-state index in [-0.39, 0.29) is 11.7 Å². The lowest BCUT2D eigenvalue weighted by molar-refractivity contribution is -0.138. The van der Waals surface area contributed by atoms with Crippen molar-refractivity contribution in [1.82, 2.24) is 19.6 Å². The van der Waals surface area contributed by atoms with Crippen LogP contribution in [-0.2, 0) is 24.9 Å². The number of amides is 1. The standard InChI is InChI=1S/C26H30FN5O/c1-29-20-24(17-28-29)32-15-14-31(19-21-6-3-2-4-7-21)26(25(32)33)10-12-30(13-11-26)18-22-8-5-9-23(27)16-22/h2-9,16-17,20H,10-15,18-19H2,1H3. The number of carbonyl (C=O) groups is 1. The fourth-order valence-electron chi connectivity index (χ4n) is 5.26. The highest BCUT2D eigenvalue weighted by molar-refractivity contribution is 6.01. The molecular formula is C26H30FN5O. The van der Waals surface area contributed by atoms with Crippen LogP contribution in [0.4, 0.5) is 10.1 Å². The van der Waals surface area contributed by atoms with Crippen molar-refractivity contribution < 1.29 is 9.18 Å². The molecule has 33 heavy (non-hydrogen) atoms. The van der Waals surface area contributed by atoms with Gasteiger partial charge in [0.25, 0.3) is 0 Å². The smallest absolute Gasteiger partial charge is 0.247 e. The average molecular weight is 448 g/mol. The van der Waals surface area contributed by atoms with Crippen molar-refractivity contribution in [2.75, 3.05) is 31.1 Å². The predicted octanol–water partition coefficient (Wildman–Crippen LogP) is 3.44. The summed E-state index contributed by atoms with van der Waals surface area (Å²) in [7, 11) is 1.88. The molecule has 0 atom stereocenters. The number of likely N-dealkylation sites (tertiary alicyclic amines) is 1. The highest BCUT2D eigenvalue weighted by Gasteiger charge is 2.51. The highest BCUT2D eigenvalue weighted by Crippen LogP contribution is 2.37. The zero-order valence-electron chi connectivity index (χ0n) is 19.0. The Labute approximate surface area is 194 Å². The molecule has 2 aliphatic rings. The molecule has 1 aromatic heterocycles. The molecule has 6 nitrogen and oxygen atoms in total. The van der Waals surface area contributed by atoms with Crippen molar-refractivity contribution in [3.63, 3.8) is 0 Å². The molecule has 0 saturated carbocycles. The zero-order valence-corrected chi connectivity index (χ0v) is 19.0. The maximum atomic E-state index is 14.0. The second kappa shape index (κ2) is 9.08. The molecule has 0 radical (unpaired) electrons. The summed E-state index contributed by atoms with van der Waals surface area (Å²) >= 11 is 0. The lowest BCUT2D eigenvalue weighted by Crippen LogP contribution is -2.68. The molecule has 2 aromatic carbocycles. The Balaban J connectivity index is 1.38. The summed E-state index contributed by atoms with van der Waals surface area (Å²) in [6.45, 7) is 4.54. The molecule has 1 amide bonds. The van der Waals surface area contributed by atoms with Crippen LogP contribution in [0.25, 0.3) is 0 Å². The van der Waals surface area contributed by atoms with Gasteiger partial charge in [0.1, 0.15) is 11.4 Å². The summed E-state index contributed by atoms with van der Waals surface area (Å²) < 4.78 is 15.4. The van der Waals surface area contributed by atoms with Gasteiger partial charge in [-0.25, -0.2) is 4.39 Å². The number of anilines is 1. The first-order chi connectivity index (χ1) is 16.0. The van der Waals surface area contributed by atoms with Crippen molar-refractivity contribution in [2.45, 2.75) is 31.5 Å². The van der Waals surface area contributed by atoms with Gasteiger partial charge in [0.2, 0.25) is 5.91 Å². The number of piperidine rings is 1. The van der Waals surface area contributed by atoms with Crippen LogP contribution in [0.15, 0.2) is 67.0 Å². The van der Waals surface area contributed by atoms with Gasteiger partial charge in [-0.1, -0.05) is 42.5 Å². The molecule has 5 rings (SSSR count). The van der Waals surface area contributed by atoms with Crippen LogP contribution in [0.1, 0.15) is 24.0 Å². The van der Waals surface area contributed by atoms with E-state index in [9.17, 15) is 9.18 Å². The van der Waals surface area contributed by atoms with Gasteiger partial charge in [0.05, 0.1) is 11.9 Å². The molecule has 2 fully saturated rings. The molecule has 0 bridgehead atoms. The SMILES string of the molecule is Cn1cc(N2CCN(Cc3ccccc3)C3(CCN(Cc4cccc(F)c4)CC3)C2=O)cn1. The Morgan fingerprint density at radius 2 is 1.70 bits per heavy atom. The van der Waals surface area contributed by atoms with E-state index in [0.717, 1.165) is 50.3 Å². The molecule has 172 valence electrons. The molecule has 7 heteroatoms. The Morgan fingerprint density at radius 1 is 0.939 bits per heavy atom. The van der Waals surface area contributed by atoms with Gasteiger partial charge < -0.3 is 4.90 Å². The van der Waals surface area contributed by atoms with Crippen molar-refractivity contribution in [2.24, 2.45) is 7.05 Å². The third-order valence-electron chi connectivity index (χ3n) is 7.04. The Hall–Kier alpha value is -3.03. The Kier molecular flexibility index (Phi) is 6.00. The van der Waals surface area contributed by atoms with Crippen LogP contribution < -0.4 is 4.90 Å². The minimum absolute atomic E-state index is 0.170. The van der Waals surface area contributed by atoms with Crippen molar-refractivity contribution in [3.8, 4) is 0 Å². The second-order valence-corrected chi connectivity index (χ2v) is 9.17. The maximum Gasteiger partial charge on any atom is 0.247 e. The van der Waals surface area contributed by atoms with Crippen LogP contribution in [0.3, 0.4) is 0 Å². The van der Waals surface area contributed by atoms with Gasteiger partial charge >= 0.3 is 0 Å². The van der Waals surface area contributed by atoms with Gasteiger partial charge in [0, 0.05) is 52.5 Å². The molecular weight excluding hydrogens is 417 g/mol. The molecule has 3 aromatic rings. The quantitative estimate of drug-likeness (QED) is 0.601. The summed E-state index contributed by atoms with van der Waals surface area (Å²) in [4.78, 5) is 20.6. The molecule has 2 aliphatic heterocycles. The lowest BCUT2D eigenvalue weighted by Gasteiger charge is -2.52. The van der Waals surface area contributed by atoms with E-state index >= 15 is 0 Å². The summed E-state index contributed by atoms with van der Waals surface area (Å²) in [5.41, 5.74) is 2.52. The first-order valence-electron chi connectivity index (χ1n) is 11.6. The van der Waals surface area contributed by atoms with Crippen molar-refractivity contribution in [1.29, 1.82) is 0 Å². The van der Waals surface area contributed by atoms with E-state index in [0.29, 0.717) is 13.1 Å². The number of rotatable bonds is 5. The molecule has 2 saturated heterocycles. The van der Waals surface area contributed by atoms with E-state index in [4.69, 9.17) is 0 Å². The maximum absolute atomic E-state index is 14.0. The first-order valence-corrected chi connectivity index (χ1v) is 11.6. The fourth-order valence-corrected chi connectivity index (χ4v) is 5.26. The highest BCUT2D eigenvalue weighted by atomic mass is 19.1. The second-order valence-electron chi connectivity index (χ2n) is 9.17. The van der Waals surface area contributed by atoms with E-state index in [1.165, 1.54) is 11.6 Å². The fraction of sp³-hybridized carbons (Fsp3) is 0.385. The van der Waals surface area contributed by atoms with Crippen molar-refractivity contribution in [3.05, 3.63) is 83.9 Å². The van der Waals surface area contributed by atoms with E-state index in [1.807, 2.05) is 30.3 Å². The topological polar surface area (TPSA) is 44.6 Å². The normalized spacial score (nSPS) is 19.3. The lowest BCUT2D eigenvalue weighted by atomic mass is 9.81. The number of hydrogen-bond donors (Lipinski definition) is 0. The van der Waals surface area contributed by atoms with Gasteiger partial charge in [-0.3, -0.25) is 19.3 Å². The summed E-state index contributed by atoms with van der Waals surface area (Å²) in [5, 5.41) is 4.28. The zero-order chi connectivity index (χ0) is 22.8. The molecule has 0 unspecified atom stereocenters. The molecule has 3 heterocycles. The molecule has 1 spiro atoms. The predicted molar refractivity (Wildman–Crippen MR) is 126 cm³/mol. The van der Waals surface area contributed by atoms with Crippen molar-refractivity contribution >= 4 is 11.6 Å². The number of halogens is 1. The number of carbonyl (C=O) groups excluding carboxylic acids is 1. The number of nitrogens with zero attached hydrogens (tertiary/aromatic N) is 5. The van der Waals surface area contributed by atoms with Crippen LogP contribution in [0.5, 0.6) is 0 Å². The number of piperazine rings is 1. The third-order valence-corrected chi connectivity index (χ3v) is 7.04. The Bertz CT molecular complexity index is 1110. The number of aryl methyl sites for hydroxylation is 1. The monoisotopic (exact) mass is 447 g/mol. The summed E-state index contributed by atoms with van der Waals surface area (Å²) in [5.74, 6) is -0.0346. The molecule has 0 aliphatic carbocycles.